The van der Waals surface area contributed by atoms with E-state index in [2.05, 4.69) is 24.8 Å². The van der Waals surface area contributed by atoms with Gasteiger partial charge in [0, 0.05) is 36.5 Å². The first kappa shape index (κ1) is 20.5. The third kappa shape index (κ3) is 3.39. The number of hydrogen-bond acceptors (Lipinski definition) is 5. The van der Waals surface area contributed by atoms with Gasteiger partial charge < -0.3 is 9.67 Å². The van der Waals surface area contributed by atoms with E-state index in [4.69, 9.17) is 0 Å². The van der Waals surface area contributed by atoms with E-state index in [-0.39, 0.29) is 11.6 Å². The molecule has 10 heteroatoms. The minimum Gasteiger partial charge on any atom is -0.507 e. The predicted octanol–water partition coefficient (Wildman–Crippen LogP) is 4.47. The zero-order chi connectivity index (χ0) is 22.6. The molecule has 4 heterocycles. The molecule has 1 aromatic carbocycles. The zero-order valence-corrected chi connectivity index (χ0v) is 17.6. The Morgan fingerprint density at radius 3 is 2.72 bits per heavy atom. The van der Waals surface area contributed by atoms with Crippen LogP contribution in [0.1, 0.15) is 42.2 Å². The Hall–Kier alpha value is -3.43. The molecule has 166 valence electrons. The Morgan fingerprint density at radius 1 is 1.19 bits per heavy atom. The molecule has 1 aliphatic heterocycles. The molecule has 0 amide bonds. The van der Waals surface area contributed by atoms with Crippen molar-refractivity contribution in [3.05, 3.63) is 53.2 Å². The number of phenols is 1. The van der Waals surface area contributed by atoms with Crippen molar-refractivity contribution in [2.24, 2.45) is 0 Å². The Labute approximate surface area is 181 Å². The molecule has 1 N–H and O–H groups in total. The molecule has 4 aromatic rings. The Bertz CT molecular complexity index is 1290. The molecule has 7 nitrogen and oxygen atoms in total. The van der Waals surface area contributed by atoms with Crippen LogP contribution in [0.2, 0.25) is 0 Å². The molecule has 0 fully saturated rings. The lowest BCUT2D eigenvalue weighted by molar-refractivity contribution is -0.137. The van der Waals surface area contributed by atoms with Gasteiger partial charge in [-0.3, -0.25) is 4.68 Å². The van der Waals surface area contributed by atoms with Crippen molar-refractivity contribution in [1.29, 1.82) is 0 Å². The molecule has 3 aromatic heterocycles. The molecule has 0 aliphatic carbocycles. The maximum absolute atomic E-state index is 13.0. The number of pyridine rings is 1. The minimum absolute atomic E-state index is 0.127. The van der Waals surface area contributed by atoms with Crippen LogP contribution in [0.3, 0.4) is 0 Å². The number of fused-ring (bicyclic) bond motifs is 2. The van der Waals surface area contributed by atoms with E-state index in [1.165, 1.54) is 6.92 Å². The molecule has 1 atom stereocenters. The predicted molar refractivity (Wildman–Crippen MR) is 111 cm³/mol. The van der Waals surface area contributed by atoms with Gasteiger partial charge in [-0.25, -0.2) is 4.98 Å². The average molecular weight is 442 g/mol. The molecule has 0 radical (unpaired) electrons. The van der Waals surface area contributed by atoms with Crippen LogP contribution in [0, 0.1) is 6.92 Å². The van der Waals surface area contributed by atoms with Crippen molar-refractivity contribution in [2.75, 3.05) is 0 Å². The highest BCUT2D eigenvalue weighted by Crippen LogP contribution is 2.39. The minimum atomic E-state index is -4.53. The summed E-state index contributed by atoms with van der Waals surface area (Å²) < 4.78 is 43.2. The van der Waals surface area contributed by atoms with Crippen LogP contribution in [-0.2, 0) is 25.6 Å². The van der Waals surface area contributed by atoms with Gasteiger partial charge in [-0.15, -0.1) is 10.2 Å². The van der Waals surface area contributed by atoms with Crippen molar-refractivity contribution in [1.82, 2.24) is 29.5 Å². The number of phenolic OH excluding ortho intramolecular Hbond substituents is 1. The van der Waals surface area contributed by atoms with Gasteiger partial charge in [-0.2, -0.15) is 18.3 Å². The lowest BCUT2D eigenvalue weighted by Crippen LogP contribution is -2.25. The van der Waals surface area contributed by atoms with E-state index in [0.29, 0.717) is 16.9 Å². The summed E-state index contributed by atoms with van der Waals surface area (Å²) in [6.07, 6.45) is -0.106. The number of nitrogens with zero attached hydrogens (tertiary/aromatic N) is 6. The molecule has 32 heavy (non-hydrogen) atoms. The zero-order valence-electron chi connectivity index (χ0n) is 17.6. The first-order chi connectivity index (χ1) is 15.2. The van der Waals surface area contributed by atoms with Crippen LogP contribution < -0.4 is 0 Å². The number of aryl methyl sites for hydroxylation is 3. The van der Waals surface area contributed by atoms with Crippen LogP contribution in [0.4, 0.5) is 13.2 Å². The van der Waals surface area contributed by atoms with E-state index in [1.807, 2.05) is 23.9 Å². The largest absolute Gasteiger partial charge is 0.507 e. The molecule has 0 saturated carbocycles. The number of aromatic hydroxyl groups is 1. The topological polar surface area (TPSA) is 81.7 Å². The summed E-state index contributed by atoms with van der Waals surface area (Å²) in [6, 6.07) is 5.39. The van der Waals surface area contributed by atoms with Crippen LogP contribution in [0.15, 0.2) is 30.5 Å². The van der Waals surface area contributed by atoms with Crippen LogP contribution in [0.5, 0.6) is 5.75 Å². The number of benzene rings is 1. The molecular formula is C22H21F3N6O. The summed E-state index contributed by atoms with van der Waals surface area (Å²) in [5.74, 6) is 1.49. The number of aromatic nitrogens is 6. The summed E-state index contributed by atoms with van der Waals surface area (Å²) in [5.41, 5.74) is 0.534. The van der Waals surface area contributed by atoms with Crippen LogP contribution in [-0.4, -0.2) is 34.6 Å². The SMILES string of the molecule is CCc1nnc2n1CC(n1cc3ccc(-c4c(C)cc(C(F)(F)F)cc4O)nc3n1)CC2. The van der Waals surface area contributed by atoms with E-state index in [0.717, 1.165) is 55.0 Å². The third-order valence-electron chi connectivity index (χ3n) is 5.97. The second kappa shape index (κ2) is 7.32. The maximum atomic E-state index is 13.0. The fourth-order valence-electron chi connectivity index (χ4n) is 4.36. The number of alkyl halides is 3. The number of halogens is 3. The molecule has 5 rings (SSSR count). The summed E-state index contributed by atoms with van der Waals surface area (Å²) in [4.78, 5) is 4.54. The van der Waals surface area contributed by atoms with Crippen LogP contribution >= 0.6 is 0 Å². The second-order valence-electron chi connectivity index (χ2n) is 8.09. The smallest absolute Gasteiger partial charge is 0.416 e. The average Bonchev–Trinajstić information content (AvgIpc) is 3.35. The molecular weight excluding hydrogens is 421 g/mol. The van der Waals surface area contributed by atoms with Crippen molar-refractivity contribution >= 4 is 11.0 Å². The second-order valence-corrected chi connectivity index (χ2v) is 8.09. The van der Waals surface area contributed by atoms with Gasteiger partial charge in [0.2, 0.25) is 0 Å². The summed E-state index contributed by atoms with van der Waals surface area (Å²) >= 11 is 0. The van der Waals surface area contributed by atoms with E-state index in [9.17, 15) is 18.3 Å². The summed E-state index contributed by atoms with van der Waals surface area (Å²) in [5, 5.41) is 24.3. The van der Waals surface area contributed by atoms with Crippen molar-refractivity contribution in [2.45, 2.75) is 51.9 Å². The number of rotatable bonds is 3. The van der Waals surface area contributed by atoms with Gasteiger partial charge in [0.15, 0.2) is 5.65 Å². The Kier molecular flexibility index (Phi) is 4.68. The van der Waals surface area contributed by atoms with Gasteiger partial charge in [0.1, 0.15) is 17.4 Å². The van der Waals surface area contributed by atoms with Gasteiger partial charge in [-0.05, 0) is 43.2 Å². The standard InChI is InChI=1S/C22H21F3N6O/c1-3-18-27-28-19-7-5-15(11-30(18)19)31-10-13-4-6-16(26-21(13)29-31)20-12(2)8-14(9-17(20)32)22(23,24)25/h4,6,8-10,15,32H,3,5,7,11H2,1-2H3. The summed E-state index contributed by atoms with van der Waals surface area (Å²) in [6.45, 7) is 4.30. The molecule has 1 aliphatic rings. The fraction of sp³-hybridized carbons (Fsp3) is 0.364. The quantitative estimate of drug-likeness (QED) is 0.506. The van der Waals surface area contributed by atoms with E-state index < -0.39 is 17.5 Å². The highest BCUT2D eigenvalue weighted by Gasteiger charge is 2.32. The molecule has 0 saturated heterocycles. The lowest BCUT2D eigenvalue weighted by Gasteiger charge is -2.24. The number of hydrogen-bond donors (Lipinski definition) is 1. The highest BCUT2D eigenvalue weighted by atomic mass is 19.4. The molecule has 1 unspecified atom stereocenters. The van der Waals surface area contributed by atoms with E-state index >= 15 is 0 Å². The maximum Gasteiger partial charge on any atom is 0.416 e. The van der Waals surface area contributed by atoms with Gasteiger partial charge in [-0.1, -0.05) is 6.92 Å². The highest BCUT2D eigenvalue weighted by molar-refractivity contribution is 5.80. The third-order valence-corrected chi connectivity index (χ3v) is 5.97. The van der Waals surface area contributed by atoms with Crippen LogP contribution in [0.25, 0.3) is 22.3 Å². The fourth-order valence-corrected chi connectivity index (χ4v) is 4.36. The Balaban J connectivity index is 1.49. The van der Waals surface area contributed by atoms with Crippen molar-refractivity contribution in [3.8, 4) is 17.0 Å². The van der Waals surface area contributed by atoms with Gasteiger partial charge >= 0.3 is 6.18 Å². The first-order valence-corrected chi connectivity index (χ1v) is 10.4. The first-order valence-electron chi connectivity index (χ1n) is 10.4. The Morgan fingerprint density at radius 2 is 2.00 bits per heavy atom. The molecule has 0 spiro atoms. The summed E-state index contributed by atoms with van der Waals surface area (Å²) in [7, 11) is 0. The van der Waals surface area contributed by atoms with E-state index in [1.54, 1.807) is 6.07 Å². The monoisotopic (exact) mass is 442 g/mol. The molecule has 0 bridgehead atoms. The van der Waals surface area contributed by atoms with Gasteiger partial charge in [0.25, 0.3) is 0 Å². The van der Waals surface area contributed by atoms with Gasteiger partial charge in [0.05, 0.1) is 17.3 Å². The normalized spacial score (nSPS) is 16.5. The van der Waals surface area contributed by atoms with Crippen molar-refractivity contribution < 1.29 is 18.3 Å². The van der Waals surface area contributed by atoms with Crippen molar-refractivity contribution in [3.63, 3.8) is 0 Å². The lowest BCUT2D eigenvalue weighted by atomic mass is 10.00.